The number of phenolic OH excluding ortho intramolecular Hbond substituents is 1. The van der Waals surface area contributed by atoms with Gasteiger partial charge in [-0.05, 0) is 67.8 Å². The molecule has 33 heavy (non-hydrogen) atoms. The van der Waals surface area contributed by atoms with Crippen LogP contribution in [-0.2, 0) is 0 Å². The molecule has 0 atom stereocenters. The van der Waals surface area contributed by atoms with E-state index in [9.17, 15) is 19.8 Å². The summed E-state index contributed by atoms with van der Waals surface area (Å²) in [6.07, 6.45) is 0. The second kappa shape index (κ2) is 9.88. The maximum atomic E-state index is 11.2. The fourth-order valence-corrected chi connectivity index (χ4v) is 3.22. The minimum atomic E-state index is -1.02. The van der Waals surface area contributed by atoms with Crippen LogP contribution in [-0.4, -0.2) is 26.4 Å². The first-order valence-corrected chi connectivity index (χ1v) is 10.2. The molecule has 1 aromatic heterocycles. The predicted molar refractivity (Wildman–Crippen MR) is 129 cm³/mol. The minimum Gasteiger partial charge on any atom is -0.505 e. The predicted octanol–water partition coefficient (Wildman–Crippen LogP) is 4.40. The number of H-pyrrole nitrogens is 2. The Morgan fingerprint density at radius 1 is 0.909 bits per heavy atom. The molecule has 4 rings (SSSR count). The van der Waals surface area contributed by atoms with Gasteiger partial charge in [-0.3, -0.25) is 14.9 Å². The Morgan fingerprint density at radius 2 is 1.64 bits per heavy atom. The zero-order valence-electron chi connectivity index (χ0n) is 18.6. The Kier molecular flexibility index (Phi) is 7.00. The van der Waals surface area contributed by atoms with Crippen LogP contribution in [0.1, 0.15) is 27.2 Å². The summed E-state index contributed by atoms with van der Waals surface area (Å²) < 4.78 is 0. The summed E-state index contributed by atoms with van der Waals surface area (Å²) in [5.74, 6) is 5.22. The van der Waals surface area contributed by atoms with Crippen molar-refractivity contribution in [3.8, 4) is 16.9 Å². The summed E-state index contributed by atoms with van der Waals surface area (Å²) in [7, 11) is 0. The number of aryl methyl sites for hydroxylation is 3. The topological polar surface area (TPSA) is 135 Å². The summed E-state index contributed by atoms with van der Waals surface area (Å²) in [5, 5.41) is 26.4. The van der Waals surface area contributed by atoms with Crippen LogP contribution in [0.2, 0.25) is 0 Å². The number of aromatic hydroxyl groups is 1. The third-order valence-electron chi connectivity index (χ3n) is 5.19. The maximum Gasteiger partial charge on any atom is 0.335 e. The average Bonchev–Trinajstić information content (AvgIpc) is 3.18. The molecule has 0 spiro atoms. The number of rotatable bonds is 4. The third-order valence-corrected chi connectivity index (χ3v) is 5.19. The van der Waals surface area contributed by atoms with Crippen molar-refractivity contribution < 1.29 is 15.0 Å². The number of phenols is 1. The Labute approximate surface area is 190 Å². The zero-order valence-corrected chi connectivity index (χ0v) is 18.6. The first-order chi connectivity index (χ1) is 15.7. The van der Waals surface area contributed by atoms with E-state index >= 15 is 0 Å². The van der Waals surface area contributed by atoms with Crippen LogP contribution in [0.4, 0.5) is 11.4 Å². The van der Waals surface area contributed by atoms with Gasteiger partial charge in [-0.25, -0.2) is 10.6 Å². The van der Waals surface area contributed by atoms with E-state index in [2.05, 4.69) is 10.2 Å². The highest BCUT2D eigenvalue weighted by atomic mass is 16.4. The first-order valence-electron chi connectivity index (χ1n) is 10.2. The molecule has 1 heterocycles. The van der Waals surface area contributed by atoms with Gasteiger partial charge < -0.3 is 15.3 Å². The monoisotopic (exact) mass is 446 g/mol. The Bertz CT molecular complexity index is 1340. The molecule has 0 bridgehead atoms. The van der Waals surface area contributed by atoms with Crippen molar-refractivity contribution in [2.24, 2.45) is 5.84 Å². The zero-order chi connectivity index (χ0) is 24.1. The van der Waals surface area contributed by atoms with Crippen LogP contribution in [0.25, 0.3) is 11.1 Å². The molecule has 6 N–H and O–H groups in total. The van der Waals surface area contributed by atoms with E-state index < -0.39 is 5.97 Å². The number of aromatic amines is 2. The Morgan fingerprint density at radius 3 is 2.21 bits per heavy atom. The van der Waals surface area contributed by atoms with E-state index in [4.69, 9.17) is 5.84 Å². The average molecular weight is 447 g/mol. The van der Waals surface area contributed by atoms with Crippen LogP contribution >= 0.6 is 0 Å². The largest absolute Gasteiger partial charge is 0.505 e. The summed E-state index contributed by atoms with van der Waals surface area (Å²) in [4.78, 5) is 21.4. The van der Waals surface area contributed by atoms with Gasteiger partial charge in [-0.2, -0.15) is 0 Å². The fraction of sp³-hybridized carbons (Fsp3) is 0.120. The highest BCUT2D eigenvalue weighted by molar-refractivity contribution is 5.90. The van der Waals surface area contributed by atoms with Gasteiger partial charge in [0.05, 0.1) is 16.9 Å². The van der Waals surface area contributed by atoms with Gasteiger partial charge in [-0.1, -0.05) is 30.3 Å². The number of nitrogens with one attached hydrogen (secondary N) is 2. The van der Waals surface area contributed by atoms with Crippen molar-refractivity contribution in [3.63, 3.8) is 0 Å². The summed E-state index contributed by atoms with van der Waals surface area (Å²) in [6, 6.07) is 19.0. The number of nitrogens with two attached hydrogens (primary N) is 1. The number of nitrogens with zero attached hydrogens (tertiary/aromatic N) is 1. The lowest BCUT2D eigenvalue weighted by Gasteiger charge is -2.22. The van der Waals surface area contributed by atoms with Gasteiger partial charge >= 0.3 is 5.97 Å². The van der Waals surface area contributed by atoms with E-state index in [1.54, 1.807) is 30.3 Å². The summed E-state index contributed by atoms with van der Waals surface area (Å²) >= 11 is 0. The first kappa shape index (κ1) is 23.4. The molecule has 0 amide bonds. The van der Waals surface area contributed by atoms with Crippen molar-refractivity contribution in [3.05, 3.63) is 99.5 Å². The van der Waals surface area contributed by atoms with E-state index in [1.165, 1.54) is 23.2 Å². The van der Waals surface area contributed by atoms with Crippen molar-refractivity contribution in [2.45, 2.75) is 20.8 Å². The molecule has 170 valence electrons. The second-order valence-electron chi connectivity index (χ2n) is 7.64. The highest BCUT2D eigenvalue weighted by Gasteiger charge is 2.15. The molecule has 0 radical (unpaired) electrons. The van der Waals surface area contributed by atoms with E-state index in [1.807, 2.05) is 39.0 Å². The molecule has 8 nitrogen and oxygen atoms in total. The molecule has 3 aromatic carbocycles. The number of hydrogen-bond acceptors (Lipinski definition) is 5. The standard InChI is InChI=1S/C21H20N2O3.C4H6N2O/c1-13-9-10-17(11-14(13)2)23(22)19-8-4-7-18(20(19)24)15-5-3-6-16(12-15)21(25)26;1-3-2-4(7)6-5-3/h3-12,24H,22H2,1-2H3,(H,25,26);2H,1H3,(H2,5,6,7). The number of carbonyl (C=O) groups is 1. The lowest BCUT2D eigenvalue weighted by molar-refractivity contribution is 0.0697. The lowest BCUT2D eigenvalue weighted by Crippen LogP contribution is -2.25. The molecule has 0 unspecified atom stereocenters. The van der Waals surface area contributed by atoms with Gasteiger partial charge in [0.25, 0.3) is 5.56 Å². The maximum absolute atomic E-state index is 11.2. The van der Waals surface area contributed by atoms with E-state index in [-0.39, 0.29) is 16.9 Å². The number of carboxylic acid groups (broad SMARTS) is 1. The van der Waals surface area contributed by atoms with Gasteiger partial charge in [0.15, 0.2) is 0 Å². The number of anilines is 2. The van der Waals surface area contributed by atoms with Crippen LogP contribution in [0.5, 0.6) is 5.75 Å². The molecule has 4 aromatic rings. The van der Waals surface area contributed by atoms with Crippen LogP contribution in [0, 0.1) is 20.8 Å². The summed E-state index contributed by atoms with van der Waals surface area (Å²) in [6.45, 7) is 5.84. The number of benzene rings is 3. The molecule has 0 fully saturated rings. The van der Waals surface area contributed by atoms with E-state index in [0.29, 0.717) is 16.8 Å². The third kappa shape index (κ3) is 5.50. The lowest BCUT2D eigenvalue weighted by atomic mass is 10.0. The van der Waals surface area contributed by atoms with Crippen LogP contribution in [0.15, 0.2) is 71.5 Å². The SMILES string of the molecule is Cc1cc(=O)[nH][nH]1.Cc1ccc(N(N)c2cccc(-c3cccc(C(=O)O)c3)c2O)cc1C. The number of para-hydroxylation sites is 1. The van der Waals surface area contributed by atoms with Gasteiger partial charge in [0, 0.05) is 17.3 Å². The number of aromatic nitrogens is 2. The van der Waals surface area contributed by atoms with Crippen LogP contribution in [0.3, 0.4) is 0 Å². The molecule has 0 aliphatic heterocycles. The number of hydrazine groups is 1. The fourth-order valence-electron chi connectivity index (χ4n) is 3.22. The molecular formula is C25H26N4O4. The van der Waals surface area contributed by atoms with Crippen molar-refractivity contribution >= 4 is 17.3 Å². The van der Waals surface area contributed by atoms with Crippen molar-refractivity contribution in [2.75, 3.05) is 5.01 Å². The van der Waals surface area contributed by atoms with Crippen molar-refractivity contribution in [1.82, 2.24) is 10.2 Å². The smallest absolute Gasteiger partial charge is 0.335 e. The molecule has 0 aliphatic rings. The molecule has 0 saturated carbocycles. The van der Waals surface area contributed by atoms with Crippen LogP contribution < -0.4 is 16.4 Å². The minimum absolute atomic E-state index is 0.00392. The molecule has 0 saturated heterocycles. The van der Waals surface area contributed by atoms with Gasteiger partial charge in [-0.15, -0.1) is 0 Å². The van der Waals surface area contributed by atoms with Gasteiger partial charge in [0.2, 0.25) is 0 Å². The number of carboxylic acids is 1. The quantitative estimate of drug-likeness (QED) is 0.233. The Hall–Kier alpha value is -4.30. The number of aromatic carboxylic acids is 1. The van der Waals surface area contributed by atoms with Gasteiger partial charge in [0.1, 0.15) is 5.75 Å². The molecule has 0 aliphatic carbocycles. The number of hydrogen-bond donors (Lipinski definition) is 5. The van der Waals surface area contributed by atoms with E-state index in [0.717, 1.165) is 22.5 Å². The molecule has 8 heteroatoms. The second-order valence-corrected chi connectivity index (χ2v) is 7.64. The Balaban J connectivity index is 0.000000374. The normalized spacial score (nSPS) is 10.3. The summed E-state index contributed by atoms with van der Waals surface area (Å²) in [5.41, 5.74) is 5.52. The van der Waals surface area contributed by atoms with Crippen molar-refractivity contribution in [1.29, 1.82) is 0 Å². The molecular weight excluding hydrogens is 420 g/mol. The highest BCUT2D eigenvalue weighted by Crippen LogP contribution is 2.39.